The number of nitrogens with one attached hydrogen (secondary N) is 1. The van der Waals surface area contributed by atoms with Gasteiger partial charge in [-0.05, 0) is 42.3 Å². The van der Waals surface area contributed by atoms with Crippen molar-refractivity contribution in [3.63, 3.8) is 0 Å². The first-order valence-corrected chi connectivity index (χ1v) is 8.08. The van der Waals surface area contributed by atoms with Gasteiger partial charge in [-0.2, -0.15) is 0 Å². The van der Waals surface area contributed by atoms with Crippen molar-refractivity contribution in [3.05, 3.63) is 84.1 Å². The van der Waals surface area contributed by atoms with Gasteiger partial charge in [-0.3, -0.25) is 4.79 Å². The molecule has 2 aromatic carbocycles. The summed E-state index contributed by atoms with van der Waals surface area (Å²) in [4.78, 5) is 20.4. The van der Waals surface area contributed by atoms with Crippen LogP contribution in [0.4, 0.5) is 4.39 Å². The Bertz CT molecular complexity index is 835. The Morgan fingerprint density at radius 1 is 1.00 bits per heavy atom. The Morgan fingerprint density at radius 2 is 1.76 bits per heavy atom. The van der Waals surface area contributed by atoms with Gasteiger partial charge in [0, 0.05) is 12.0 Å². The van der Waals surface area contributed by atoms with Crippen LogP contribution >= 0.6 is 0 Å². The predicted molar refractivity (Wildman–Crippen MR) is 94.0 cm³/mol. The highest BCUT2D eigenvalue weighted by molar-refractivity contribution is 5.76. The molecule has 1 amide bonds. The zero-order valence-corrected chi connectivity index (χ0v) is 13.7. The molecule has 3 aromatic rings. The molecule has 126 valence electrons. The fourth-order valence-corrected chi connectivity index (χ4v) is 2.45. The number of carbonyl (C=O) groups is 1. The molecular formula is C20H18FN3O. The quantitative estimate of drug-likeness (QED) is 0.750. The molecule has 25 heavy (non-hydrogen) atoms. The number of halogens is 1. The van der Waals surface area contributed by atoms with Gasteiger partial charge in [0.25, 0.3) is 0 Å². The third kappa shape index (κ3) is 4.94. The standard InChI is InChI=1S/C20H18FN3O/c21-17-9-7-16(8-10-17)19-12-18(23-14-24-19)13-22-20(25)11-6-15-4-2-1-3-5-15/h1-5,7-10,12,14H,6,11,13H2,(H,22,25). The second-order valence-corrected chi connectivity index (χ2v) is 5.66. The summed E-state index contributed by atoms with van der Waals surface area (Å²) in [6.45, 7) is 0.338. The lowest BCUT2D eigenvalue weighted by Gasteiger charge is -2.07. The van der Waals surface area contributed by atoms with Gasteiger partial charge in [-0.1, -0.05) is 30.3 Å². The van der Waals surface area contributed by atoms with Gasteiger partial charge in [0.1, 0.15) is 12.1 Å². The Labute approximate surface area is 145 Å². The maximum Gasteiger partial charge on any atom is 0.220 e. The van der Waals surface area contributed by atoms with E-state index in [-0.39, 0.29) is 11.7 Å². The summed E-state index contributed by atoms with van der Waals surface area (Å²) in [5, 5.41) is 2.87. The van der Waals surface area contributed by atoms with E-state index in [4.69, 9.17) is 0 Å². The minimum Gasteiger partial charge on any atom is -0.350 e. The molecule has 0 atom stereocenters. The Balaban J connectivity index is 1.55. The molecule has 3 rings (SSSR count). The van der Waals surface area contributed by atoms with E-state index in [1.54, 1.807) is 18.2 Å². The van der Waals surface area contributed by atoms with Crippen LogP contribution < -0.4 is 5.32 Å². The Hall–Kier alpha value is -3.08. The number of aromatic nitrogens is 2. The Kier molecular flexibility index (Phi) is 5.46. The summed E-state index contributed by atoms with van der Waals surface area (Å²) in [6.07, 6.45) is 2.58. The van der Waals surface area contributed by atoms with Gasteiger partial charge in [0.05, 0.1) is 17.9 Å². The van der Waals surface area contributed by atoms with Crippen LogP contribution in [-0.2, 0) is 17.8 Å². The van der Waals surface area contributed by atoms with E-state index in [9.17, 15) is 9.18 Å². The van der Waals surface area contributed by atoms with E-state index in [1.165, 1.54) is 18.5 Å². The largest absolute Gasteiger partial charge is 0.350 e. The molecule has 0 spiro atoms. The third-order valence-electron chi connectivity index (χ3n) is 3.81. The highest BCUT2D eigenvalue weighted by Gasteiger charge is 2.05. The van der Waals surface area contributed by atoms with Crippen LogP contribution in [-0.4, -0.2) is 15.9 Å². The number of benzene rings is 2. The number of aryl methyl sites for hydroxylation is 1. The summed E-state index contributed by atoms with van der Waals surface area (Å²) in [5.74, 6) is -0.311. The van der Waals surface area contributed by atoms with Crippen LogP contribution in [0.15, 0.2) is 67.0 Å². The van der Waals surface area contributed by atoms with Crippen LogP contribution in [0.25, 0.3) is 11.3 Å². The van der Waals surface area contributed by atoms with Crippen LogP contribution in [0.3, 0.4) is 0 Å². The molecule has 5 heteroatoms. The summed E-state index contributed by atoms with van der Waals surface area (Å²) < 4.78 is 13.0. The summed E-state index contributed by atoms with van der Waals surface area (Å²) in [7, 11) is 0. The summed E-state index contributed by atoms with van der Waals surface area (Å²) in [5.41, 5.74) is 3.35. The average Bonchev–Trinajstić information content (AvgIpc) is 2.66. The molecule has 0 saturated heterocycles. The number of carbonyl (C=O) groups excluding carboxylic acids is 1. The topological polar surface area (TPSA) is 54.9 Å². The van der Waals surface area contributed by atoms with Gasteiger partial charge < -0.3 is 5.32 Å². The number of amides is 1. The molecule has 0 aliphatic rings. The molecule has 0 unspecified atom stereocenters. The van der Waals surface area contributed by atoms with E-state index >= 15 is 0 Å². The minimum absolute atomic E-state index is 0.0224. The molecule has 1 heterocycles. The molecule has 1 N–H and O–H groups in total. The van der Waals surface area contributed by atoms with Crippen molar-refractivity contribution >= 4 is 5.91 Å². The van der Waals surface area contributed by atoms with Gasteiger partial charge in [-0.25, -0.2) is 14.4 Å². The lowest BCUT2D eigenvalue weighted by atomic mass is 10.1. The number of rotatable bonds is 6. The first-order chi connectivity index (χ1) is 12.2. The third-order valence-corrected chi connectivity index (χ3v) is 3.81. The Morgan fingerprint density at radius 3 is 2.52 bits per heavy atom. The molecule has 0 aliphatic heterocycles. The van der Waals surface area contributed by atoms with Gasteiger partial charge in [-0.15, -0.1) is 0 Å². The van der Waals surface area contributed by atoms with Crippen molar-refractivity contribution < 1.29 is 9.18 Å². The molecular weight excluding hydrogens is 317 g/mol. The van der Waals surface area contributed by atoms with E-state index in [2.05, 4.69) is 15.3 Å². The van der Waals surface area contributed by atoms with Crippen molar-refractivity contribution in [1.29, 1.82) is 0 Å². The molecule has 0 saturated carbocycles. The first-order valence-electron chi connectivity index (χ1n) is 8.08. The van der Waals surface area contributed by atoms with Crippen molar-refractivity contribution in [1.82, 2.24) is 15.3 Å². The lowest BCUT2D eigenvalue weighted by Crippen LogP contribution is -2.23. The van der Waals surface area contributed by atoms with Crippen LogP contribution in [0.2, 0.25) is 0 Å². The zero-order valence-electron chi connectivity index (χ0n) is 13.7. The first kappa shape index (κ1) is 16.8. The molecule has 0 aliphatic carbocycles. The second-order valence-electron chi connectivity index (χ2n) is 5.66. The summed E-state index contributed by atoms with van der Waals surface area (Å²) >= 11 is 0. The molecule has 0 fully saturated rings. The van der Waals surface area contributed by atoms with Gasteiger partial charge in [0.15, 0.2) is 0 Å². The predicted octanol–water partition coefficient (Wildman–Crippen LogP) is 3.53. The maximum absolute atomic E-state index is 13.0. The van der Waals surface area contributed by atoms with Gasteiger partial charge in [0.2, 0.25) is 5.91 Å². The van der Waals surface area contributed by atoms with Gasteiger partial charge >= 0.3 is 0 Å². The van der Waals surface area contributed by atoms with E-state index < -0.39 is 0 Å². The van der Waals surface area contributed by atoms with Crippen LogP contribution in [0, 0.1) is 5.82 Å². The average molecular weight is 335 g/mol. The SMILES string of the molecule is O=C(CCc1ccccc1)NCc1cc(-c2ccc(F)cc2)ncn1. The number of nitrogens with zero attached hydrogens (tertiary/aromatic N) is 2. The summed E-state index contributed by atoms with van der Waals surface area (Å²) in [6, 6.07) is 17.8. The fourth-order valence-electron chi connectivity index (χ4n) is 2.45. The normalized spacial score (nSPS) is 10.4. The van der Waals surface area contributed by atoms with E-state index in [0.29, 0.717) is 30.8 Å². The molecule has 1 aromatic heterocycles. The molecule has 4 nitrogen and oxygen atoms in total. The fraction of sp³-hybridized carbons (Fsp3) is 0.150. The van der Waals surface area contributed by atoms with Crippen LogP contribution in [0.1, 0.15) is 17.7 Å². The zero-order chi connectivity index (χ0) is 17.5. The van der Waals surface area contributed by atoms with Crippen molar-refractivity contribution in [2.24, 2.45) is 0 Å². The molecule has 0 bridgehead atoms. The van der Waals surface area contributed by atoms with E-state index in [0.717, 1.165) is 11.1 Å². The van der Waals surface area contributed by atoms with Crippen molar-refractivity contribution in [2.75, 3.05) is 0 Å². The van der Waals surface area contributed by atoms with E-state index in [1.807, 2.05) is 30.3 Å². The highest BCUT2D eigenvalue weighted by atomic mass is 19.1. The molecule has 0 radical (unpaired) electrons. The maximum atomic E-state index is 13.0. The monoisotopic (exact) mass is 335 g/mol. The number of hydrogen-bond acceptors (Lipinski definition) is 3. The lowest BCUT2D eigenvalue weighted by molar-refractivity contribution is -0.121. The van der Waals surface area contributed by atoms with Crippen molar-refractivity contribution in [2.45, 2.75) is 19.4 Å². The number of hydrogen-bond donors (Lipinski definition) is 1. The van der Waals surface area contributed by atoms with Crippen LogP contribution in [0.5, 0.6) is 0 Å². The smallest absolute Gasteiger partial charge is 0.220 e. The highest BCUT2D eigenvalue weighted by Crippen LogP contribution is 2.17. The minimum atomic E-state index is -0.288. The second kappa shape index (κ2) is 8.15. The van der Waals surface area contributed by atoms with Crippen molar-refractivity contribution in [3.8, 4) is 11.3 Å².